The minimum absolute atomic E-state index is 0.200. The molecule has 1 heterocycles. The Kier molecular flexibility index (Phi) is 8.25. The van der Waals surface area contributed by atoms with Crippen LogP contribution in [0.5, 0.6) is 5.75 Å². The zero-order valence-corrected chi connectivity index (χ0v) is 16.7. The van der Waals surface area contributed by atoms with Gasteiger partial charge in [-0.15, -0.1) is 0 Å². The molecule has 8 nitrogen and oxygen atoms in total. The van der Waals surface area contributed by atoms with Gasteiger partial charge in [-0.05, 0) is 36.6 Å². The molecule has 28 heavy (non-hydrogen) atoms. The minimum Gasteiger partial charge on any atom is -0.493 e. The van der Waals surface area contributed by atoms with Crippen LogP contribution in [0.4, 0.5) is 0 Å². The van der Waals surface area contributed by atoms with Crippen molar-refractivity contribution in [1.82, 2.24) is 15.8 Å². The molecular formula is C20H29N3O5. The summed E-state index contributed by atoms with van der Waals surface area (Å²) in [6.07, 6.45) is 0.717. The van der Waals surface area contributed by atoms with Gasteiger partial charge in [0.25, 0.3) is 5.91 Å². The Morgan fingerprint density at radius 3 is 2.75 bits per heavy atom. The van der Waals surface area contributed by atoms with E-state index < -0.39 is 18.5 Å². The Bertz CT molecular complexity index is 692. The molecule has 1 fully saturated rings. The molecule has 2 rings (SSSR count). The Morgan fingerprint density at radius 1 is 1.25 bits per heavy atom. The van der Waals surface area contributed by atoms with Gasteiger partial charge in [0, 0.05) is 20.0 Å². The number of rotatable bonds is 8. The van der Waals surface area contributed by atoms with Crippen molar-refractivity contribution in [2.45, 2.75) is 33.7 Å². The molecule has 1 unspecified atom stereocenters. The maximum atomic E-state index is 12.2. The second kappa shape index (κ2) is 10.7. The summed E-state index contributed by atoms with van der Waals surface area (Å²) in [5, 5.41) is 0. The van der Waals surface area contributed by atoms with Gasteiger partial charge in [-0.1, -0.05) is 26.0 Å². The number of hydrogen-bond acceptors (Lipinski definition) is 6. The van der Waals surface area contributed by atoms with Gasteiger partial charge in [0.1, 0.15) is 5.75 Å². The van der Waals surface area contributed by atoms with Crippen LogP contribution in [-0.4, -0.2) is 49.0 Å². The minimum atomic E-state index is -0.573. The lowest BCUT2D eigenvalue weighted by Crippen LogP contribution is -2.46. The van der Waals surface area contributed by atoms with E-state index in [1.807, 2.05) is 24.3 Å². The fraction of sp³-hybridized carbons (Fsp3) is 0.550. The van der Waals surface area contributed by atoms with Crippen LogP contribution < -0.4 is 15.6 Å². The Hall–Kier alpha value is -2.61. The molecule has 0 bridgehead atoms. The monoisotopic (exact) mass is 391 g/mol. The van der Waals surface area contributed by atoms with Crippen LogP contribution in [0.1, 0.15) is 32.8 Å². The van der Waals surface area contributed by atoms with E-state index in [2.05, 4.69) is 34.3 Å². The van der Waals surface area contributed by atoms with Gasteiger partial charge in [-0.3, -0.25) is 30.1 Å². The van der Waals surface area contributed by atoms with Crippen molar-refractivity contribution in [3.8, 4) is 5.75 Å². The van der Waals surface area contributed by atoms with E-state index in [4.69, 9.17) is 4.74 Å². The number of hydrogen-bond donors (Lipinski definition) is 2. The summed E-state index contributed by atoms with van der Waals surface area (Å²) in [6.45, 7) is 7.85. The highest BCUT2D eigenvalue weighted by Crippen LogP contribution is 2.21. The lowest BCUT2D eigenvalue weighted by Gasteiger charge is -2.17. The van der Waals surface area contributed by atoms with Gasteiger partial charge in [-0.25, -0.2) is 0 Å². The maximum Gasteiger partial charge on any atom is 0.303 e. The van der Waals surface area contributed by atoms with Gasteiger partial charge in [-0.2, -0.15) is 0 Å². The Morgan fingerprint density at radius 2 is 2.04 bits per heavy atom. The van der Waals surface area contributed by atoms with Crippen molar-refractivity contribution in [2.24, 2.45) is 11.8 Å². The summed E-state index contributed by atoms with van der Waals surface area (Å²) in [5.74, 6) is -0.239. The number of carbonyl (C=O) groups excluding carboxylic acids is 3. The molecule has 2 N–H and O–H groups in total. The Labute approximate surface area is 165 Å². The average Bonchev–Trinajstić information content (AvgIpc) is 3.11. The molecular weight excluding hydrogens is 362 g/mol. The molecule has 1 saturated heterocycles. The number of nitrogens with zero attached hydrogens (tertiary/aromatic N) is 1. The number of carbonyl (C=O) groups is 3. The molecule has 1 aliphatic heterocycles. The highest BCUT2D eigenvalue weighted by atomic mass is 16.5. The summed E-state index contributed by atoms with van der Waals surface area (Å²) in [7, 11) is 0. The van der Waals surface area contributed by atoms with Gasteiger partial charge in [0.05, 0.1) is 12.5 Å². The molecule has 1 atom stereocenters. The lowest BCUT2D eigenvalue weighted by atomic mass is 10.1. The zero-order valence-electron chi connectivity index (χ0n) is 16.7. The second-order valence-corrected chi connectivity index (χ2v) is 7.39. The summed E-state index contributed by atoms with van der Waals surface area (Å²) in [5.41, 5.74) is 5.79. The molecule has 1 aromatic carbocycles. The van der Waals surface area contributed by atoms with E-state index in [0.29, 0.717) is 19.1 Å². The number of ether oxygens (including phenoxy) is 2. The molecule has 1 aliphatic rings. The van der Waals surface area contributed by atoms with Crippen LogP contribution in [0.2, 0.25) is 0 Å². The number of likely N-dealkylation sites (tertiary alicyclic amines) is 1. The van der Waals surface area contributed by atoms with Crippen molar-refractivity contribution in [1.29, 1.82) is 0 Å². The van der Waals surface area contributed by atoms with Crippen LogP contribution >= 0.6 is 0 Å². The molecule has 0 saturated carbocycles. The highest BCUT2D eigenvalue weighted by molar-refractivity contribution is 5.85. The van der Waals surface area contributed by atoms with E-state index in [1.54, 1.807) is 0 Å². The highest BCUT2D eigenvalue weighted by Gasteiger charge is 2.28. The first-order valence-electron chi connectivity index (χ1n) is 9.49. The van der Waals surface area contributed by atoms with Gasteiger partial charge in [0.2, 0.25) is 5.91 Å². The molecule has 0 aliphatic carbocycles. The first kappa shape index (κ1) is 21.7. The second-order valence-electron chi connectivity index (χ2n) is 7.39. The van der Waals surface area contributed by atoms with Crippen LogP contribution in [0.15, 0.2) is 24.3 Å². The predicted molar refractivity (Wildman–Crippen MR) is 103 cm³/mol. The zero-order chi connectivity index (χ0) is 20.5. The number of esters is 1. The summed E-state index contributed by atoms with van der Waals surface area (Å²) in [4.78, 5) is 36.5. The third-order valence-corrected chi connectivity index (χ3v) is 4.26. The largest absolute Gasteiger partial charge is 0.493 e. The quantitative estimate of drug-likeness (QED) is 0.511. The summed E-state index contributed by atoms with van der Waals surface area (Å²) in [6, 6.07) is 8.00. The fourth-order valence-corrected chi connectivity index (χ4v) is 2.88. The van der Waals surface area contributed by atoms with Crippen molar-refractivity contribution in [3.63, 3.8) is 0 Å². The van der Waals surface area contributed by atoms with Crippen LogP contribution in [-0.2, 0) is 25.7 Å². The standard InChI is InChI=1S/C20H29N3O5/c1-14(2)12-28-18-6-4-5-16(9-18)10-23-8-7-17(11-23)20(26)22-21-19(25)13-27-15(3)24/h4-6,9,14,17H,7-8,10-13H2,1-3H3,(H,21,25)(H,22,26). The van der Waals surface area contributed by atoms with Crippen LogP contribution in [0, 0.1) is 11.8 Å². The number of amides is 2. The van der Waals surface area contributed by atoms with Crippen molar-refractivity contribution in [3.05, 3.63) is 29.8 Å². The third kappa shape index (κ3) is 7.56. The molecule has 2 amide bonds. The van der Waals surface area contributed by atoms with E-state index in [1.165, 1.54) is 6.92 Å². The molecule has 0 spiro atoms. The fourth-order valence-electron chi connectivity index (χ4n) is 2.88. The number of benzene rings is 1. The van der Waals surface area contributed by atoms with Crippen LogP contribution in [0.3, 0.4) is 0 Å². The van der Waals surface area contributed by atoms with E-state index >= 15 is 0 Å². The first-order valence-corrected chi connectivity index (χ1v) is 9.49. The van der Waals surface area contributed by atoms with Crippen molar-refractivity contribution in [2.75, 3.05) is 26.3 Å². The van der Waals surface area contributed by atoms with E-state index in [9.17, 15) is 14.4 Å². The van der Waals surface area contributed by atoms with E-state index in [0.717, 1.165) is 30.8 Å². The van der Waals surface area contributed by atoms with Crippen LogP contribution in [0.25, 0.3) is 0 Å². The molecule has 0 aromatic heterocycles. The van der Waals surface area contributed by atoms with E-state index in [-0.39, 0.29) is 11.8 Å². The molecule has 1 aromatic rings. The Balaban J connectivity index is 1.75. The van der Waals surface area contributed by atoms with Crippen molar-refractivity contribution < 1.29 is 23.9 Å². The number of nitrogens with one attached hydrogen (secondary N) is 2. The summed E-state index contributed by atoms with van der Waals surface area (Å²) < 4.78 is 10.3. The molecule has 154 valence electrons. The topological polar surface area (TPSA) is 97.0 Å². The average molecular weight is 391 g/mol. The van der Waals surface area contributed by atoms with Crippen molar-refractivity contribution >= 4 is 17.8 Å². The van der Waals surface area contributed by atoms with Gasteiger partial charge >= 0.3 is 5.97 Å². The lowest BCUT2D eigenvalue weighted by molar-refractivity contribution is -0.147. The predicted octanol–water partition coefficient (Wildman–Crippen LogP) is 1.25. The maximum absolute atomic E-state index is 12.2. The molecule has 0 radical (unpaired) electrons. The van der Waals surface area contributed by atoms with Gasteiger partial charge in [0.15, 0.2) is 6.61 Å². The summed E-state index contributed by atoms with van der Waals surface area (Å²) >= 11 is 0. The smallest absolute Gasteiger partial charge is 0.303 e. The SMILES string of the molecule is CC(=O)OCC(=O)NNC(=O)C1CCN(Cc2cccc(OCC(C)C)c2)C1. The number of hydrazine groups is 1. The molecule has 8 heteroatoms. The normalized spacial score (nSPS) is 16.6. The third-order valence-electron chi connectivity index (χ3n) is 4.26. The van der Waals surface area contributed by atoms with Gasteiger partial charge < -0.3 is 9.47 Å². The first-order chi connectivity index (χ1) is 13.3.